The van der Waals surface area contributed by atoms with Gasteiger partial charge in [0, 0.05) is 46.9 Å². The molecule has 2 aliphatic rings. The maximum atomic E-state index is 12.3. The van der Waals surface area contributed by atoms with Crippen LogP contribution in [0.1, 0.15) is 65.7 Å². The van der Waals surface area contributed by atoms with Crippen LogP contribution in [0.25, 0.3) is 0 Å². The van der Waals surface area contributed by atoms with E-state index in [4.69, 9.17) is 9.47 Å². The number of amides is 1. The molecule has 0 bridgehead atoms. The Balaban J connectivity index is 0.00000450. The van der Waals surface area contributed by atoms with E-state index in [-0.39, 0.29) is 30.1 Å². The topological polar surface area (TPSA) is 75.2 Å². The fraction of sp³-hybridized carbons (Fsp3) is 0.909. The Bertz CT molecular complexity index is 547. The number of rotatable bonds is 8. The average Bonchev–Trinajstić information content (AvgIpc) is 2.64. The average molecular weight is 539 g/mol. The SMILES string of the molecule is CN=C(NCCC1CCCN(C(=O)OC(C)(C)C)C1)NCC1(CCOC)CCC1.I. The molecule has 7 nitrogen and oxygen atoms in total. The molecule has 0 aromatic carbocycles. The van der Waals surface area contributed by atoms with Crippen LogP contribution in [0.4, 0.5) is 4.79 Å². The van der Waals surface area contributed by atoms with Gasteiger partial charge in [-0.3, -0.25) is 4.99 Å². The fourth-order valence-electron chi connectivity index (χ4n) is 4.19. The van der Waals surface area contributed by atoms with Gasteiger partial charge < -0.3 is 25.0 Å². The van der Waals surface area contributed by atoms with Crippen LogP contribution in [0.3, 0.4) is 0 Å². The normalized spacial score (nSPS) is 21.3. The molecule has 1 saturated heterocycles. The third-order valence-corrected chi connectivity index (χ3v) is 6.12. The summed E-state index contributed by atoms with van der Waals surface area (Å²) < 4.78 is 10.8. The standard InChI is InChI=1S/C22H42N4O3.HI/c1-21(2,3)29-20(27)26-14-6-8-18(16-26)9-13-24-19(23-4)25-17-22(10-7-11-22)12-15-28-5;/h18H,6-17H2,1-5H3,(H2,23,24,25);1H. The van der Waals surface area contributed by atoms with E-state index < -0.39 is 5.60 Å². The highest BCUT2D eigenvalue weighted by Crippen LogP contribution is 2.43. The van der Waals surface area contributed by atoms with Gasteiger partial charge in [0.15, 0.2) is 5.96 Å². The molecule has 1 aliphatic heterocycles. The van der Waals surface area contributed by atoms with Gasteiger partial charge in [-0.25, -0.2) is 4.79 Å². The second-order valence-corrected chi connectivity index (χ2v) is 9.67. The van der Waals surface area contributed by atoms with Crippen LogP contribution < -0.4 is 10.6 Å². The number of hydrogen-bond acceptors (Lipinski definition) is 4. The molecule has 1 amide bonds. The van der Waals surface area contributed by atoms with E-state index in [1.807, 2.05) is 32.7 Å². The van der Waals surface area contributed by atoms with Crippen molar-refractivity contribution in [2.75, 3.05) is 46.9 Å². The molecule has 2 N–H and O–H groups in total. The summed E-state index contributed by atoms with van der Waals surface area (Å²) in [6, 6.07) is 0. The Morgan fingerprint density at radius 1 is 1.23 bits per heavy atom. The van der Waals surface area contributed by atoms with Crippen LogP contribution in [0, 0.1) is 11.3 Å². The zero-order valence-electron chi connectivity index (χ0n) is 19.6. The van der Waals surface area contributed by atoms with E-state index in [1.54, 1.807) is 7.11 Å². The summed E-state index contributed by atoms with van der Waals surface area (Å²) in [6.45, 7) is 9.95. The van der Waals surface area contributed by atoms with E-state index in [2.05, 4.69) is 15.6 Å². The predicted octanol–water partition coefficient (Wildman–Crippen LogP) is 4.01. The van der Waals surface area contributed by atoms with Gasteiger partial charge in [-0.1, -0.05) is 6.42 Å². The fourth-order valence-corrected chi connectivity index (χ4v) is 4.19. The van der Waals surface area contributed by atoms with Gasteiger partial charge in [0.05, 0.1) is 0 Å². The highest BCUT2D eigenvalue weighted by Gasteiger charge is 2.36. The number of carbonyl (C=O) groups is 1. The second kappa shape index (κ2) is 12.9. The summed E-state index contributed by atoms with van der Waals surface area (Å²) in [5.74, 6) is 1.37. The minimum absolute atomic E-state index is 0. The lowest BCUT2D eigenvalue weighted by Gasteiger charge is -2.42. The molecule has 1 unspecified atom stereocenters. The summed E-state index contributed by atoms with van der Waals surface area (Å²) in [5.41, 5.74) is -0.0737. The summed E-state index contributed by atoms with van der Waals surface area (Å²) >= 11 is 0. The summed E-state index contributed by atoms with van der Waals surface area (Å²) in [7, 11) is 3.60. The zero-order chi connectivity index (χ0) is 21.3. The number of nitrogens with one attached hydrogen (secondary N) is 2. The molecule has 0 aromatic rings. The first kappa shape index (κ1) is 27.3. The van der Waals surface area contributed by atoms with Crippen molar-refractivity contribution in [1.82, 2.24) is 15.5 Å². The van der Waals surface area contributed by atoms with Crippen LogP contribution in [-0.2, 0) is 9.47 Å². The van der Waals surface area contributed by atoms with Gasteiger partial charge in [0.25, 0.3) is 0 Å². The molecule has 1 atom stereocenters. The maximum Gasteiger partial charge on any atom is 0.410 e. The van der Waals surface area contributed by atoms with Crippen molar-refractivity contribution in [2.24, 2.45) is 16.3 Å². The van der Waals surface area contributed by atoms with E-state index >= 15 is 0 Å². The van der Waals surface area contributed by atoms with Crippen molar-refractivity contribution in [3.63, 3.8) is 0 Å². The third-order valence-electron chi connectivity index (χ3n) is 6.12. The quantitative estimate of drug-likeness (QED) is 0.278. The van der Waals surface area contributed by atoms with Crippen LogP contribution in [-0.4, -0.2) is 69.5 Å². The highest BCUT2D eigenvalue weighted by molar-refractivity contribution is 14.0. The van der Waals surface area contributed by atoms with Gasteiger partial charge >= 0.3 is 6.09 Å². The Labute approximate surface area is 200 Å². The first-order valence-electron chi connectivity index (χ1n) is 11.2. The van der Waals surface area contributed by atoms with E-state index in [9.17, 15) is 4.79 Å². The molecule has 1 heterocycles. The van der Waals surface area contributed by atoms with Gasteiger partial charge in [-0.05, 0) is 70.6 Å². The number of nitrogens with zero attached hydrogens (tertiary/aromatic N) is 2. The molecular formula is C22H43IN4O3. The maximum absolute atomic E-state index is 12.3. The lowest BCUT2D eigenvalue weighted by molar-refractivity contribution is 0.0162. The summed E-state index contributed by atoms with van der Waals surface area (Å²) in [4.78, 5) is 18.6. The lowest BCUT2D eigenvalue weighted by atomic mass is 9.67. The Morgan fingerprint density at radius 2 is 1.97 bits per heavy atom. The molecule has 1 saturated carbocycles. The number of likely N-dealkylation sites (tertiary alicyclic amines) is 1. The molecule has 2 fully saturated rings. The molecule has 176 valence electrons. The van der Waals surface area contributed by atoms with Gasteiger partial charge in [-0.15, -0.1) is 24.0 Å². The minimum Gasteiger partial charge on any atom is -0.444 e. The molecule has 2 rings (SSSR count). The first-order chi connectivity index (χ1) is 13.8. The molecule has 0 aromatic heterocycles. The smallest absolute Gasteiger partial charge is 0.410 e. The van der Waals surface area contributed by atoms with Crippen LogP contribution in [0.15, 0.2) is 4.99 Å². The number of methoxy groups -OCH3 is 1. The van der Waals surface area contributed by atoms with E-state index in [0.717, 1.165) is 64.4 Å². The predicted molar refractivity (Wildman–Crippen MR) is 133 cm³/mol. The Kier molecular flexibility index (Phi) is 11.8. The first-order valence-corrected chi connectivity index (χ1v) is 11.2. The largest absolute Gasteiger partial charge is 0.444 e. The number of piperidine rings is 1. The van der Waals surface area contributed by atoms with E-state index in [1.165, 1.54) is 19.3 Å². The second-order valence-electron chi connectivity index (χ2n) is 9.67. The van der Waals surface area contributed by atoms with Gasteiger partial charge in [-0.2, -0.15) is 0 Å². The van der Waals surface area contributed by atoms with Crippen LogP contribution >= 0.6 is 24.0 Å². The zero-order valence-corrected chi connectivity index (χ0v) is 21.9. The molecule has 8 heteroatoms. The number of hydrogen-bond donors (Lipinski definition) is 2. The third kappa shape index (κ3) is 9.16. The molecule has 30 heavy (non-hydrogen) atoms. The van der Waals surface area contributed by atoms with Crippen molar-refractivity contribution in [3.8, 4) is 0 Å². The van der Waals surface area contributed by atoms with Crippen molar-refractivity contribution in [3.05, 3.63) is 0 Å². The highest BCUT2D eigenvalue weighted by atomic mass is 127. The van der Waals surface area contributed by atoms with Crippen LogP contribution in [0.2, 0.25) is 0 Å². The molecule has 1 aliphatic carbocycles. The summed E-state index contributed by atoms with van der Waals surface area (Å²) in [6.07, 6.45) is 7.99. The van der Waals surface area contributed by atoms with Crippen molar-refractivity contribution in [2.45, 2.75) is 71.3 Å². The number of guanidine groups is 1. The van der Waals surface area contributed by atoms with Crippen molar-refractivity contribution >= 4 is 36.0 Å². The monoisotopic (exact) mass is 538 g/mol. The molecular weight excluding hydrogens is 495 g/mol. The van der Waals surface area contributed by atoms with Gasteiger partial charge in [0.2, 0.25) is 0 Å². The molecule has 0 spiro atoms. The molecule has 0 radical (unpaired) electrons. The van der Waals surface area contributed by atoms with Crippen LogP contribution in [0.5, 0.6) is 0 Å². The number of carbonyl (C=O) groups excluding carboxylic acids is 1. The van der Waals surface area contributed by atoms with Crippen molar-refractivity contribution < 1.29 is 14.3 Å². The lowest BCUT2D eigenvalue weighted by Crippen LogP contribution is -2.47. The Morgan fingerprint density at radius 3 is 2.53 bits per heavy atom. The number of halogens is 1. The summed E-state index contributed by atoms with van der Waals surface area (Å²) in [5, 5.41) is 6.96. The number of ether oxygens (including phenoxy) is 2. The number of aliphatic imine (C=N–C) groups is 1. The minimum atomic E-state index is -0.440. The van der Waals surface area contributed by atoms with E-state index in [0.29, 0.717) is 11.3 Å². The Hall–Kier alpha value is -0.770. The van der Waals surface area contributed by atoms with Crippen molar-refractivity contribution in [1.29, 1.82) is 0 Å². The van der Waals surface area contributed by atoms with Gasteiger partial charge in [0.1, 0.15) is 5.60 Å².